The number of hydrogen-bond acceptors (Lipinski definition) is 4. The van der Waals surface area contributed by atoms with Crippen LogP contribution >= 0.6 is 0 Å². The van der Waals surface area contributed by atoms with Crippen molar-refractivity contribution in [2.24, 2.45) is 0 Å². The average molecular weight is 367 g/mol. The lowest BCUT2D eigenvalue weighted by Crippen LogP contribution is -2.16. The zero-order chi connectivity index (χ0) is 19.6. The van der Waals surface area contributed by atoms with Gasteiger partial charge in [0, 0.05) is 41.5 Å². The van der Waals surface area contributed by atoms with E-state index < -0.39 is 0 Å². The Bertz CT molecular complexity index is 990. The third-order valence-corrected chi connectivity index (χ3v) is 4.86. The maximum absolute atomic E-state index is 14.6. The third kappa shape index (κ3) is 3.70. The first-order valence-corrected chi connectivity index (χ1v) is 9.41. The number of aromatic nitrogens is 4. The van der Waals surface area contributed by atoms with E-state index in [1.165, 1.54) is 6.07 Å². The van der Waals surface area contributed by atoms with Gasteiger partial charge >= 0.3 is 0 Å². The maximum atomic E-state index is 14.6. The minimum atomic E-state index is -0.333. The van der Waals surface area contributed by atoms with E-state index in [9.17, 15) is 4.39 Å². The number of fused-ring (bicyclic) bond motifs is 1. The summed E-state index contributed by atoms with van der Waals surface area (Å²) >= 11 is 0. The van der Waals surface area contributed by atoms with Crippen molar-refractivity contribution < 1.29 is 4.39 Å². The molecule has 6 heteroatoms. The Morgan fingerprint density at radius 1 is 1.30 bits per heavy atom. The molecule has 0 radical (unpaired) electrons. The van der Waals surface area contributed by atoms with E-state index in [0.29, 0.717) is 17.6 Å². The molecule has 0 bridgehead atoms. The van der Waals surface area contributed by atoms with Gasteiger partial charge in [-0.25, -0.2) is 19.3 Å². The summed E-state index contributed by atoms with van der Waals surface area (Å²) in [5.74, 6) is 0.283. The zero-order valence-corrected chi connectivity index (χ0v) is 16.5. The summed E-state index contributed by atoms with van der Waals surface area (Å²) in [5, 5.41) is 3.29. The summed E-state index contributed by atoms with van der Waals surface area (Å²) in [4.78, 5) is 13.2. The summed E-state index contributed by atoms with van der Waals surface area (Å²) in [6.07, 6.45) is 9.21. The zero-order valence-electron chi connectivity index (χ0n) is 16.5. The van der Waals surface area contributed by atoms with Gasteiger partial charge in [0.2, 0.25) is 5.95 Å². The Hall–Kier alpha value is -2.76. The lowest BCUT2D eigenvalue weighted by Gasteiger charge is -2.15. The molecule has 3 rings (SSSR count). The summed E-state index contributed by atoms with van der Waals surface area (Å²) < 4.78 is 16.4. The lowest BCUT2D eigenvalue weighted by atomic mass is 9.99. The van der Waals surface area contributed by atoms with Crippen molar-refractivity contribution >= 4 is 17.2 Å². The summed E-state index contributed by atoms with van der Waals surface area (Å²) in [6, 6.07) is 1.84. The van der Waals surface area contributed by atoms with Crippen LogP contribution in [0.1, 0.15) is 56.6 Å². The van der Waals surface area contributed by atoms with Gasteiger partial charge in [0.25, 0.3) is 0 Å². The van der Waals surface area contributed by atoms with Gasteiger partial charge in [-0.15, -0.1) is 0 Å². The molecule has 1 unspecified atom stereocenters. The van der Waals surface area contributed by atoms with Crippen molar-refractivity contribution in [3.05, 3.63) is 59.1 Å². The van der Waals surface area contributed by atoms with Crippen LogP contribution in [0.15, 0.2) is 30.7 Å². The molecule has 1 N–H and O–H groups in total. The molecule has 3 aromatic heterocycles. The Kier molecular flexibility index (Phi) is 5.54. The molecule has 0 aliphatic rings. The van der Waals surface area contributed by atoms with E-state index in [2.05, 4.69) is 34.1 Å². The number of rotatable bonds is 6. The molecule has 27 heavy (non-hydrogen) atoms. The Morgan fingerprint density at radius 3 is 2.70 bits per heavy atom. The highest BCUT2D eigenvalue weighted by Crippen LogP contribution is 2.27. The molecule has 1 atom stereocenters. The van der Waals surface area contributed by atoms with Crippen molar-refractivity contribution in [2.75, 3.05) is 5.32 Å². The van der Waals surface area contributed by atoms with Gasteiger partial charge in [0.15, 0.2) is 11.5 Å². The molecule has 0 saturated carbocycles. The van der Waals surface area contributed by atoms with E-state index in [1.807, 2.05) is 37.4 Å². The lowest BCUT2D eigenvalue weighted by molar-refractivity contribution is 0.628. The first-order chi connectivity index (χ1) is 13.0. The molecule has 0 aliphatic heterocycles. The number of pyridine rings is 1. The summed E-state index contributed by atoms with van der Waals surface area (Å²) in [5.41, 5.74) is 4.76. The largest absolute Gasteiger partial charge is 0.352 e. The van der Waals surface area contributed by atoms with Gasteiger partial charge in [-0.3, -0.25) is 0 Å². The highest BCUT2D eigenvalue weighted by molar-refractivity contribution is 5.80. The van der Waals surface area contributed by atoms with Gasteiger partial charge < -0.3 is 9.72 Å². The summed E-state index contributed by atoms with van der Waals surface area (Å²) in [7, 11) is 0. The number of allylic oxidation sites excluding steroid dienone is 1. The van der Waals surface area contributed by atoms with Crippen LogP contribution in [0.25, 0.3) is 11.2 Å². The van der Waals surface area contributed by atoms with Gasteiger partial charge in [0.05, 0.1) is 5.69 Å². The standard InChI is InChI=1S/C21H26FN5/c1-6-13(4)25-21-24-11-18(14(5)26-21)17(8-3)15-9-19(22)20-23-10-16(7-2)27(20)12-15/h8-13H,6-7H2,1-5H3,(H,24,25,26)/b17-8-. The third-order valence-electron chi connectivity index (χ3n) is 4.86. The van der Waals surface area contributed by atoms with Crippen LogP contribution in [0.3, 0.4) is 0 Å². The van der Waals surface area contributed by atoms with Gasteiger partial charge in [-0.2, -0.15) is 0 Å². The number of nitrogens with zero attached hydrogens (tertiary/aromatic N) is 4. The van der Waals surface area contributed by atoms with Crippen molar-refractivity contribution in [2.45, 2.75) is 53.5 Å². The molecule has 3 aromatic rings. The molecule has 142 valence electrons. The molecule has 0 spiro atoms. The molecular weight excluding hydrogens is 341 g/mol. The van der Waals surface area contributed by atoms with E-state index in [1.54, 1.807) is 12.4 Å². The fourth-order valence-electron chi connectivity index (χ4n) is 3.10. The molecule has 5 nitrogen and oxygen atoms in total. The maximum Gasteiger partial charge on any atom is 0.223 e. The van der Waals surface area contributed by atoms with Crippen molar-refractivity contribution in [3.8, 4) is 0 Å². The predicted molar refractivity (Wildman–Crippen MR) is 107 cm³/mol. The van der Waals surface area contributed by atoms with E-state index in [0.717, 1.165) is 40.9 Å². The Balaban J connectivity index is 2.04. The van der Waals surface area contributed by atoms with Gasteiger partial charge in [0.1, 0.15) is 0 Å². The molecule has 3 heterocycles. The highest BCUT2D eigenvalue weighted by atomic mass is 19.1. The SMILES string of the molecule is C/C=C(/c1cc(F)c2ncc(CC)n2c1)c1cnc(NC(C)CC)nc1C. The van der Waals surface area contributed by atoms with Crippen molar-refractivity contribution in [3.63, 3.8) is 0 Å². The second-order valence-corrected chi connectivity index (χ2v) is 6.72. The monoisotopic (exact) mass is 367 g/mol. The molecule has 0 fully saturated rings. The topological polar surface area (TPSA) is 55.1 Å². The van der Waals surface area contributed by atoms with E-state index >= 15 is 0 Å². The van der Waals surface area contributed by atoms with Crippen LogP contribution in [-0.4, -0.2) is 25.4 Å². The first kappa shape index (κ1) is 19.0. The molecule has 0 aromatic carbocycles. The smallest absolute Gasteiger partial charge is 0.223 e. The molecular formula is C21H26FN5. The number of nitrogens with one attached hydrogen (secondary N) is 1. The van der Waals surface area contributed by atoms with Crippen LogP contribution in [0.5, 0.6) is 0 Å². The second kappa shape index (κ2) is 7.86. The van der Waals surface area contributed by atoms with E-state index in [-0.39, 0.29) is 5.82 Å². The second-order valence-electron chi connectivity index (χ2n) is 6.72. The van der Waals surface area contributed by atoms with Crippen molar-refractivity contribution in [1.29, 1.82) is 0 Å². The van der Waals surface area contributed by atoms with Crippen LogP contribution in [0, 0.1) is 12.7 Å². The Morgan fingerprint density at radius 2 is 2.07 bits per heavy atom. The van der Waals surface area contributed by atoms with E-state index in [4.69, 9.17) is 0 Å². The minimum absolute atomic E-state index is 0.307. The molecule has 0 amide bonds. The van der Waals surface area contributed by atoms with Crippen LogP contribution in [-0.2, 0) is 6.42 Å². The van der Waals surface area contributed by atoms with Crippen molar-refractivity contribution in [1.82, 2.24) is 19.4 Å². The molecule has 0 aliphatic carbocycles. The fourth-order valence-corrected chi connectivity index (χ4v) is 3.10. The average Bonchev–Trinajstić information content (AvgIpc) is 3.07. The number of halogens is 1. The molecule has 0 saturated heterocycles. The number of imidazole rings is 1. The number of hydrogen-bond donors (Lipinski definition) is 1. The normalized spacial score (nSPS) is 13.2. The van der Waals surface area contributed by atoms with Gasteiger partial charge in [-0.05, 0) is 45.3 Å². The quantitative estimate of drug-likeness (QED) is 0.680. The Labute approximate surface area is 159 Å². The summed E-state index contributed by atoms with van der Waals surface area (Å²) in [6.45, 7) is 10.1. The van der Waals surface area contributed by atoms with Crippen LogP contribution < -0.4 is 5.32 Å². The predicted octanol–water partition coefficient (Wildman–Crippen LogP) is 4.80. The van der Waals surface area contributed by atoms with Gasteiger partial charge in [-0.1, -0.05) is 19.9 Å². The highest BCUT2D eigenvalue weighted by Gasteiger charge is 2.15. The van der Waals surface area contributed by atoms with Crippen LogP contribution in [0.4, 0.5) is 10.3 Å². The first-order valence-electron chi connectivity index (χ1n) is 9.41. The number of aryl methyl sites for hydroxylation is 2. The minimum Gasteiger partial charge on any atom is -0.352 e. The fraction of sp³-hybridized carbons (Fsp3) is 0.381. The number of anilines is 1. The van der Waals surface area contributed by atoms with Crippen LogP contribution in [0.2, 0.25) is 0 Å².